The molecule has 1 saturated heterocycles. The molecule has 0 saturated carbocycles. The predicted molar refractivity (Wildman–Crippen MR) is 87.9 cm³/mol. The van der Waals surface area contributed by atoms with Gasteiger partial charge in [0.15, 0.2) is 6.29 Å². The fourth-order valence-corrected chi connectivity index (χ4v) is 3.81. The maximum Gasteiger partial charge on any atom is 0.166 e. The number of ether oxygens (including phenoxy) is 2. The van der Waals surface area contributed by atoms with Crippen LogP contribution in [0.5, 0.6) is 0 Å². The zero-order valence-corrected chi connectivity index (χ0v) is 14.5. The molecule has 1 aliphatic heterocycles. The molecule has 0 spiro atoms. The molecule has 1 N–H and O–H groups in total. The van der Waals surface area contributed by atoms with Gasteiger partial charge in [0.1, 0.15) is 29.9 Å². The maximum atomic E-state index is 14.4. The number of rotatable bonds is 7. The molecule has 0 amide bonds. The number of aromatic nitrogens is 3. The van der Waals surface area contributed by atoms with Crippen molar-refractivity contribution in [2.45, 2.75) is 30.6 Å². The summed E-state index contributed by atoms with van der Waals surface area (Å²) in [5, 5.41) is 14.9. The summed E-state index contributed by atoms with van der Waals surface area (Å²) in [5.41, 5.74) is -1.60. The molecule has 1 aliphatic rings. The molecule has 0 unspecified atom stereocenters. The first kappa shape index (κ1) is 18.2. The van der Waals surface area contributed by atoms with Crippen LogP contribution in [0.2, 0.25) is 0 Å². The van der Waals surface area contributed by atoms with Crippen molar-refractivity contribution in [3.63, 3.8) is 0 Å². The molecular weight excluding hydrogens is 352 g/mol. The first-order valence-corrected chi connectivity index (χ1v) is 8.89. The summed E-state index contributed by atoms with van der Waals surface area (Å²) in [6.07, 6.45) is 2.42. The number of halogens is 2. The number of thioether (sulfide) groups is 1. The van der Waals surface area contributed by atoms with Crippen molar-refractivity contribution >= 4 is 11.8 Å². The lowest BCUT2D eigenvalue weighted by atomic mass is 9.90. The summed E-state index contributed by atoms with van der Waals surface area (Å²) in [6, 6.07) is 3.16. The minimum absolute atomic E-state index is 0.0117. The minimum atomic E-state index is -1.62. The largest absolute Gasteiger partial charge is 0.382 e. The second-order valence-corrected chi connectivity index (χ2v) is 7.16. The van der Waals surface area contributed by atoms with Crippen LogP contribution in [0.15, 0.2) is 30.9 Å². The van der Waals surface area contributed by atoms with Gasteiger partial charge >= 0.3 is 0 Å². The van der Waals surface area contributed by atoms with Crippen LogP contribution >= 0.6 is 11.8 Å². The van der Waals surface area contributed by atoms with E-state index >= 15 is 0 Å². The summed E-state index contributed by atoms with van der Waals surface area (Å²) < 4.78 is 39.9. The van der Waals surface area contributed by atoms with Gasteiger partial charge in [-0.3, -0.25) is 0 Å². The van der Waals surface area contributed by atoms with E-state index in [1.165, 1.54) is 35.2 Å². The molecule has 6 nitrogen and oxygen atoms in total. The fraction of sp³-hybridized carbons (Fsp3) is 0.500. The summed E-state index contributed by atoms with van der Waals surface area (Å²) in [7, 11) is 0. The van der Waals surface area contributed by atoms with E-state index < -0.39 is 22.5 Å². The predicted octanol–water partition coefficient (Wildman–Crippen LogP) is 1.94. The van der Waals surface area contributed by atoms with Crippen LogP contribution in [0.4, 0.5) is 8.78 Å². The second-order valence-electron chi connectivity index (χ2n) is 5.79. The van der Waals surface area contributed by atoms with Crippen LogP contribution in [0.1, 0.15) is 12.5 Å². The molecule has 1 fully saturated rings. The molecule has 136 valence electrons. The summed E-state index contributed by atoms with van der Waals surface area (Å²) in [6.45, 7) is 2.83. The zero-order chi connectivity index (χ0) is 17.9. The van der Waals surface area contributed by atoms with Gasteiger partial charge in [0.05, 0.1) is 19.8 Å². The number of hydrogen-bond donors (Lipinski definition) is 1. The SMILES string of the molecule is C[C@@H](SCC1OCCO1)[C@](O)(Cn1cncn1)c1ccc(F)cc1F. The highest BCUT2D eigenvalue weighted by Crippen LogP contribution is 2.36. The molecule has 0 bridgehead atoms. The Bertz CT molecular complexity index is 698. The Kier molecular flexibility index (Phi) is 5.67. The maximum absolute atomic E-state index is 14.4. The Labute approximate surface area is 148 Å². The summed E-state index contributed by atoms with van der Waals surface area (Å²) >= 11 is 1.39. The molecule has 3 rings (SSSR count). The van der Waals surface area contributed by atoms with Gasteiger partial charge < -0.3 is 14.6 Å². The van der Waals surface area contributed by atoms with E-state index in [9.17, 15) is 13.9 Å². The van der Waals surface area contributed by atoms with Gasteiger partial charge in [0.2, 0.25) is 0 Å². The molecule has 2 aromatic rings. The monoisotopic (exact) mass is 371 g/mol. The average Bonchev–Trinajstić information content (AvgIpc) is 3.25. The van der Waals surface area contributed by atoms with E-state index in [-0.39, 0.29) is 18.4 Å². The Balaban J connectivity index is 1.84. The highest BCUT2D eigenvalue weighted by molar-refractivity contribution is 8.00. The van der Waals surface area contributed by atoms with E-state index in [4.69, 9.17) is 9.47 Å². The van der Waals surface area contributed by atoms with Crippen molar-refractivity contribution < 1.29 is 23.4 Å². The van der Waals surface area contributed by atoms with Crippen LogP contribution in [0.25, 0.3) is 0 Å². The van der Waals surface area contributed by atoms with Crippen LogP contribution in [0.3, 0.4) is 0 Å². The zero-order valence-electron chi connectivity index (χ0n) is 13.6. The van der Waals surface area contributed by atoms with E-state index in [0.29, 0.717) is 19.0 Å². The molecular formula is C16H19F2N3O3S. The Morgan fingerprint density at radius 2 is 2.16 bits per heavy atom. The third-order valence-corrected chi connectivity index (χ3v) is 5.47. The number of benzene rings is 1. The smallest absolute Gasteiger partial charge is 0.166 e. The van der Waals surface area contributed by atoms with Crippen molar-refractivity contribution in [3.05, 3.63) is 48.1 Å². The first-order valence-electron chi connectivity index (χ1n) is 7.84. The van der Waals surface area contributed by atoms with Gasteiger partial charge in [0, 0.05) is 22.6 Å². The molecule has 9 heteroatoms. The van der Waals surface area contributed by atoms with Gasteiger partial charge in [-0.25, -0.2) is 18.4 Å². The van der Waals surface area contributed by atoms with Crippen molar-refractivity contribution in [1.29, 1.82) is 0 Å². The van der Waals surface area contributed by atoms with Crippen molar-refractivity contribution in [2.75, 3.05) is 19.0 Å². The van der Waals surface area contributed by atoms with Gasteiger partial charge in [-0.1, -0.05) is 13.0 Å². The van der Waals surface area contributed by atoms with E-state index in [1.54, 1.807) is 6.92 Å². The molecule has 1 aromatic carbocycles. The lowest BCUT2D eigenvalue weighted by Crippen LogP contribution is -2.41. The molecule has 2 heterocycles. The Hall–Kier alpha value is -1.55. The highest BCUT2D eigenvalue weighted by Gasteiger charge is 2.40. The second kappa shape index (κ2) is 7.77. The normalized spacial score (nSPS) is 19.0. The molecule has 1 aromatic heterocycles. The van der Waals surface area contributed by atoms with E-state index in [2.05, 4.69) is 10.1 Å². The molecule has 0 aliphatic carbocycles. The number of nitrogens with zero attached hydrogens (tertiary/aromatic N) is 3. The number of hydrogen-bond acceptors (Lipinski definition) is 6. The van der Waals surface area contributed by atoms with Gasteiger partial charge in [-0.05, 0) is 6.07 Å². The van der Waals surface area contributed by atoms with Gasteiger partial charge in [-0.15, -0.1) is 0 Å². The third kappa shape index (κ3) is 4.17. The summed E-state index contributed by atoms with van der Waals surface area (Å²) in [4.78, 5) is 3.85. The lowest BCUT2D eigenvalue weighted by molar-refractivity contribution is -0.0223. The number of aliphatic hydroxyl groups is 1. The van der Waals surface area contributed by atoms with Gasteiger partial charge in [-0.2, -0.15) is 16.9 Å². The average molecular weight is 371 g/mol. The summed E-state index contributed by atoms with van der Waals surface area (Å²) in [5.74, 6) is -1.01. The van der Waals surface area contributed by atoms with Crippen LogP contribution in [0, 0.1) is 11.6 Å². The van der Waals surface area contributed by atoms with Crippen molar-refractivity contribution in [1.82, 2.24) is 14.8 Å². The Morgan fingerprint density at radius 1 is 1.40 bits per heavy atom. The van der Waals surface area contributed by atoms with Crippen LogP contribution in [-0.2, 0) is 21.6 Å². The van der Waals surface area contributed by atoms with Gasteiger partial charge in [0.25, 0.3) is 0 Å². The quantitative estimate of drug-likeness (QED) is 0.802. The third-order valence-electron chi connectivity index (χ3n) is 4.11. The highest BCUT2D eigenvalue weighted by atomic mass is 32.2. The molecule has 0 radical (unpaired) electrons. The lowest BCUT2D eigenvalue weighted by Gasteiger charge is -2.34. The van der Waals surface area contributed by atoms with Crippen LogP contribution < -0.4 is 0 Å². The standard InChI is InChI=1S/C16H19F2N3O3S/c1-11(25-7-15-23-4-5-24-15)16(22,8-21-10-19-9-20-21)13-3-2-12(17)6-14(13)18/h2-3,6,9-11,15,22H,4-5,7-8H2,1H3/t11-,16-/m1/s1. The van der Waals surface area contributed by atoms with E-state index in [0.717, 1.165) is 12.1 Å². The van der Waals surface area contributed by atoms with Crippen molar-refractivity contribution in [2.24, 2.45) is 0 Å². The Morgan fingerprint density at radius 3 is 2.80 bits per heavy atom. The van der Waals surface area contributed by atoms with E-state index in [1.807, 2.05) is 0 Å². The van der Waals surface area contributed by atoms with Crippen LogP contribution in [-0.4, -0.2) is 50.4 Å². The molecule has 25 heavy (non-hydrogen) atoms. The first-order chi connectivity index (χ1) is 12.0. The topological polar surface area (TPSA) is 69.4 Å². The fourth-order valence-electron chi connectivity index (χ4n) is 2.70. The van der Waals surface area contributed by atoms with Crippen molar-refractivity contribution in [3.8, 4) is 0 Å². The molecule has 2 atom stereocenters. The minimum Gasteiger partial charge on any atom is -0.382 e.